The molecule has 0 saturated heterocycles. The molecular weight excluding hydrogens is 192 g/mol. The van der Waals surface area contributed by atoms with Crippen LogP contribution >= 0.6 is 0 Å². The van der Waals surface area contributed by atoms with E-state index < -0.39 is 0 Å². The first-order chi connectivity index (χ1) is 5.76. The molecule has 12 heavy (non-hydrogen) atoms. The van der Waals surface area contributed by atoms with Gasteiger partial charge in [-0.2, -0.15) is 0 Å². The molecule has 3 N–H and O–H groups in total. The van der Waals surface area contributed by atoms with Gasteiger partial charge in [0, 0.05) is 25.7 Å². The lowest BCUT2D eigenvalue weighted by molar-refractivity contribution is 0.136. The van der Waals surface area contributed by atoms with Gasteiger partial charge in [0.15, 0.2) is 0 Å². The third-order valence-corrected chi connectivity index (χ3v) is 1.29. The maximum Gasteiger partial charge on any atom is 0.129 e. The summed E-state index contributed by atoms with van der Waals surface area (Å²) < 4.78 is 4.53. The highest BCUT2D eigenvalue weighted by molar-refractivity contribution is 6.15. The van der Waals surface area contributed by atoms with Crippen molar-refractivity contribution in [3.63, 3.8) is 0 Å². The molecule has 0 heterocycles. The Hall–Kier alpha value is 0.274. The first kappa shape index (κ1) is 14.8. The van der Waals surface area contributed by atoms with Gasteiger partial charge in [-0.15, -0.1) is 0 Å². The van der Waals surface area contributed by atoms with Crippen molar-refractivity contribution in [2.45, 2.75) is 12.8 Å². The van der Waals surface area contributed by atoms with E-state index in [0.717, 1.165) is 21.0 Å². The van der Waals surface area contributed by atoms with E-state index in [9.17, 15) is 0 Å². The number of hydrogen-bond acceptors (Lipinski definition) is 4. The highest BCUT2D eigenvalue weighted by Gasteiger charge is 2.03. The molecule has 6 heteroatoms. The fourth-order valence-electron chi connectivity index (χ4n) is 0.620. The first-order valence-electron chi connectivity index (χ1n) is 3.99. The summed E-state index contributed by atoms with van der Waals surface area (Å²) in [5, 5.41) is 25.4. The van der Waals surface area contributed by atoms with Crippen molar-refractivity contribution in [2.24, 2.45) is 5.92 Å². The van der Waals surface area contributed by atoms with Crippen molar-refractivity contribution in [1.29, 1.82) is 0 Å². The van der Waals surface area contributed by atoms with Gasteiger partial charge in [-0.25, -0.2) is 0 Å². The molecule has 76 valence electrons. The minimum absolute atomic E-state index is 0.0104. The van der Waals surface area contributed by atoms with Crippen LogP contribution in [-0.2, 0) is 4.12 Å². The third-order valence-electron chi connectivity index (χ3n) is 1.29. The van der Waals surface area contributed by atoms with E-state index in [1.807, 2.05) is 0 Å². The van der Waals surface area contributed by atoms with Crippen LogP contribution in [0.4, 0.5) is 0 Å². The molecule has 0 aliphatic carbocycles. The quantitative estimate of drug-likeness (QED) is 0.423. The normalized spacial score (nSPS) is 10.0. The molecule has 0 spiro atoms. The molecule has 0 amide bonds. The van der Waals surface area contributed by atoms with E-state index in [1.54, 1.807) is 0 Å². The molecule has 0 aromatic carbocycles. The van der Waals surface area contributed by atoms with Crippen molar-refractivity contribution < 1.29 is 19.4 Å². The lowest BCUT2D eigenvalue weighted by atomic mass is 10.1. The molecule has 0 aromatic rings. The molecular formula is C6H20O4Si2. The molecule has 0 atom stereocenters. The van der Waals surface area contributed by atoms with E-state index in [1.165, 1.54) is 0 Å². The summed E-state index contributed by atoms with van der Waals surface area (Å²) in [5.41, 5.74) is 0. The molecule has 0 unspecified atom stereocenters. The average Bonchev–Trinajstić information content (AvgIpc) is 2.08. The van der Waals surface area contributed by atoms with Gasteiger partial charge in [-0.1, -0.05) is 0 Å². The van der Waals surface area contributed by atoms with E-state index in [0.29, 0.717) is 12.8 Å². The lowest BCUT2D eigenvalue weighted by Gasteiger charge is -2.07. The van der Waals surface area contributed by atoms with Gasteiger partial charge >= 0.3 is 0 Å². The van der Waals surface area contributed by atoms with Crippen LogP contribution in [0.3, 0.4) is 0 Å². The summed E-state index contributed by atoms with van der Waals surface area (Å²) in [6, 6.07) is 0. The zero-order valence-electron chi connectivity index (χ0n) is 7.86. The van der Waals surface area contributed by atoms with Crippen LogP contribution in [0.25, 0.3) is 0 Å². The standard InChI is InChI=1S/C6H14O3.H6OSi2/c7-3-1-2-6(4-8)5-9;2-1-3/h6-9H,1-5H2;2-3H3. The summed E-state index contributed by atoms with van der Waals surface area (Å²) in [7, 11) is 1.86. The predicted molar refractivity (Wildman–Crippen MR) is 54.9 cm³/mol. The average molecular weight is 212 g/mol. The van der Waals surface area contributed by atoms with Gasteiger partial charge in [0.25, 0.3) is 0 Å². The Labute approximate surface area is 79.7 Å². The molecule has 0 fully saturated rings. The third kappa shape index (κ3) is 12.9. The molecule has 0 saturated carbocycles. The van der Waals surface area contributed by atoms with Crippen molar-refractivity contribution in [3.8, 4) is 0 Å². The Morgan fingerprint density at radius 3 is 1.75 bits per heavy atom. The summed E-state index contributed by atoms with van der Waals surface area (Å²) in [6.07, 6.45) is 1.36. The van der Waals surface area contributed by atoms with Crippen LogP contribution < -0.4 is 0 Å². The van der Waals surface area contributed by atoms with Gasteiger partial charge < -0.3 is 19.4 Å². The second-order valence-electron chi connectivity index (χ2n) is 2.51. The molecule has 4 nitrogen and oxygen atoms in total. The number of rotatable bonds is 5. The van der Waals surface area contributed by atoms with E-state index in [4.69, 9.17) is 15.3 Å². The molecule has 0 aromatic heterocycles. The lowest BCUT2D eigenvalue weighted by Crippen LogP contribution is -2.11. The maximum atomic E-state index is 8.51. The Bertz CT molecular complexity index is 70.6. The van der Waals surface area contributed by atoms with Gasteiger partial charge in [0.1, 0.15) is 21.0 Å². The molecule has 0 rings (SSSR count). The molecule has 0 aliphatic heterocycles. The second-order valence-corrected chi connectivity index (χ2v) is 5.77. The van der Waals surface area contributed by atoms with Crippen LogP contribution in [0.1, 0.15) is 12.8 Å². The Morgan fingerprint density at radius 2 is 1.50 bits per heavy atom. The number of hydrogen-bond donors (Lipinski definition) is 3. The zero-order chi connectivity index (χ0) is 9.82. The summed E-state index contributed by atoms with van der Waals surface area (Å²) >= 11 is 0. The number of aliphatic hydroxyl groups is 3. The Kier molecular flexibility index (Phi) is 17.0. The van der Waals surface area contributed by atoms with Crippen LogP contribution in [-0.4, -0.2) is 56.1 Å². The monoisotopic (exact) mass is 212 g/mol. The number of aliphatic hydroxyl groups excluding tert-OH is 3. The van der Waals surface area contributed by atoms with Gasteiger partial charge in [0.2, 0.25) is 0 Å². The second kappa shape index (κ2) is 13.8. The SMILES string of the molecule is OCCCC(CO)CO.[SiH3]O[SiH3]. The largest absolute Gasteiger partial charge is 0.471 e. The fourth-order valence-corrected chi connectivity index (χ4v) is 0.620. The van der Waals surface area contributed by atoms with Gasteiger partial charge in [0.05, 0.1) is 0 Å². The van der Waals surface area contributed by atoms with Crippen LogP contribution in [0.5, 0.6) is 0 Å². The highest BCUT2D eigenvalue weighted by atomic mass is 28.3. The molecule has 0 radical (unpaired) electrons. The minimum atomic E-state index is -0.0443. The summed E-state index contributed by atoms with van der Waals surface area (Å²) in [6.45, 7) is 0.156. The van der Waals surface area contributed by atoms with Gasteiger partial charge in [-0.05, 0) is 12.8 Å². The van der Waals surface area contributed by atoms with Crippen molar-refractivity contribution >= 4 is 21.0 Å². The van der Waals surface area contributed by atoms with Crippen molar-refractivity contribution in [1.82, 2.24) is 0 Å². The van der Waals surface area contributed by atoms with Crippen molar-refractivity contribution in [3.05, 3.63) is 0 Å². The van der Waals surface area contributed by atoms with E-state index >= 15 is 0 Å². The first-order valence-corrected chi connectivity index (χ1v) is 5.62. The molecule has 0 bridgehead atoms. The topological polar surface area (TPSA) is 69.9 Å². The zero-order valence-corrected chi connectivity index (χ0v) is 11.9. The molecule has 0 aliphatic rings. The Balaban J connectivity index is 0. The van der Waals surface area contributed by atoms with Crippen LogP contribution in [0, 0.1) is 5.92 Å². The van der Waals surface area contributed by atoms with Crippen LogP contribution in [0.2, 0.25) is 0 Å². The predicted octanol–water partition coefficient (Wildman–Crippen LogP) is -3.08. The summed E-state index contributed by atoms with van der Waals surface area (Å²) in [5.74, 6) is -0.0443. The Morgan fingerprint density at radius 1 is 1.08 bits per heavy atom. The smallest absolute Gasteiger partial charge is 0.129 e. The maximum absolute atomic E-state index is 8.51. The van der Waals surface area contributed by atoms with E-state index in [-0.39, 0.29) is 25.7 Å². The van der Waals surface area contributed by atoms with E-state index in [2.05, 4.69) is 4.12 Å². The summed E-state index contributed by atoms with van der Waals surface area (Å²) in [4.78, 5) is 0. The van der Waals surface area contributed by atoms with Crippen molar-refractivity contribution in [2.75, 3.05) is 19.8 Å². The highest BCUT2D eigenvalue weighted by Crippen LogP contribution is 2.02. The fraction of sp³-hybridized carbons (Fsp3) is 1.00. The minimum Gasteiger partial charge on any atom is -0.471 e. The van der Waals surface area contributed by atoms with Crippen LogP contribution in [0.15, 0.2) is 0 Å². The van der Waals surface area contributed by atoms with Gasteiger partial charge in [-0.3, -0.25) is 0 Å².